The molecule has 0 nitrogen and oxygen atoms in total. The van der Waals surface area contributed by atoms with Gasteiger partial charge in [0.05, 0.1) is 0 Å². The molecule has 0 rings (SSSR count). The summed E-state index contributed by atoms with van der Waals surface area (Å²) in [5, 5.41) is 0. The molecule has 0 saturated heterocycles. The Morgan fingerprint density at radius 2 is 1.37 bits per heavy atom. The molecule has 0 aromatic heterocycles. The maximum Gasteiger partial charge on any atom is -0.0386 e. The highest BCUT2D eigenvalue weighted by Crippen LogP contribution is 2.31. The van der Waals surface area contributed by atoms with Crippen molar-refractivity contribution in [1.82, 2.24) is 0 Å². The van der Waals surface area contributed by atoms with Gasteiger partial charge in [-0.2, -0.15) is 0 Å². The predicted octanol–water partition coefficient (Wildman–Crippen LogP) is 6.94. The fourth-order valence-electron chi connectivity index (χ4n) is 2.98. The minimum atomic E-state index is 0.840. The molecule has 0 aliphatic heterocycles. The van der Waals surface area contributed by atoms with Crippen molar-refractivity contribution in [3.05, 3.63) is 0 Å². The van der Waals surface area contributed by atoms with Gasteiger partial charge in [0.1, 0.15) is 0 Å². The van der Waals surface area contributed by atoms with Crippen LogP contribution in [0.3, 0.4) is 0 Å². The van der Waals surface area contributed by atoms with E-state index in [9.17, 15) is 0 Å². The van der Waals surface area contributed by atoms with Gasteiger partial charge in [0.2, 0.25) is 0 Å². The van der Waals surface area contributed by atoms with Crippen LogP contribution in [0.15, 0.2) is 0 Å². The Balaban J connectivity index is 4.13. The molecule has 0 aliphatic rings. The Hall–Kier alpha value is 0. The first-order valence-corrected chi connectivity index (χ1v) is 8.92. The minimum absolute atomic E-state index is 0.840. The van der Waals surface area contributed by atoms with Crippen LogP contribution in [-0.2, 0) is 0 Å². The van der Waals surface area contributed by atoms with E-state index >= 15 is 0 Å². The second-order valence-electron chi connectivity index (χ2n) is 7.43. The summed E-state index contributed by atoms with van der Waals surface area (Å²) in [5.74, 6) is 4.52. The second kappa shape index (κ2) is 10.7. The van der Waals surface area contributed by atoms with Gasteiger partial charge in [-0.25, -0.2) is 0 Å². The third-order valence-corrected chi connectivity index (χ3v) is 5.33. The third kappa shape index (κ3) is 8.71. The Bertz CT molecular complexity index is 194. The van der Waals surface area contributed by atoms with Crippen LogP contribution >= 0.6 is 0 Å². The third-order valence-electron chi connectivity index (χ3n) is 5.33. The standard InChI is InChI=1S/C19H40/c1-8-11-19(14-18(7)15(3)4)17(6)13-10-12-16(5)9-2/h15-19H,8-14H2,1-7H3. The lowest BCUT2D eigenvalue weighted by atomic mass is 9.77. The summed E-state index contributed by atoms with van der Waals surface area (Å²) in [4.78, 5) is 0. The minimum Gasteiger partial charge on any atom is -0.0654 e. The maximum absolute atomic E-state index is 2.50. The summed E-state index contributed by atoms with van der Waals surface area (Å²) in [6.07, 6.45) is 9.88. The van der Waals surface area contributed by atoms with E-state index in [2.05, 4.69) is 48.5 Å². The smallest absolute Gasteiger partial charge is 0.0386 e. The SMILES string of the molecule is CCCC(CC(C)C(C)C)C(C)CCCC(C)CC. The van der Waals surface area contributed by atoms with Crippen LogP contribution in [0.4, 0.5) is 0 Å². The van der Waals surface area contributed by atoms with Crippen LogP contribution in [0.1, 0.15) is 93.4 Å². The predicted molar refractivity (Wildman–Crippen MR) is 89.5 cm³/mol. The van der Waals surface area contributed by atoms with Crippen LogP contribution in [-0.4, -0.2) is 0 Å². The Morgan fingerprint density at radius 3 is 1.84 bits per heavy atom. The molecular weight excluding hydrogens is 228 g/mol. The van der Waals surface area contributed by atoms with Gasteiger partial charge in [-0.3, -0.25) is 0 Å². The van der Waals surface area contributed by atoms with Crippen molar-refractivity contribution in [3.63, 3.8) is 0 Å². The summed E-state index contributed by atoms with van der Waals surface area (Å²) < 4.78 is 0. The van der Waals surface area contributed by atoms with Gasteiger partial charge in [0.15, 0.2) is 0 Å². The van der Waals surface area contributed by atoms with Crippen molar-refractivity contribution in [3.8, 4) is 0 Å². The zero-order chi connectivity index (χ0) is 14.8. The van der Waals surface area contributed by atoms with Crippen molar-refractivity contribution in [2.45, 2.75) is 93.4 Å². The van der Waals surface area contributed by atoms with Gasteiger partial charge in [-0.1, -0.05) is 87.0 Å². The molecule has 0 bridgehead atoms. The first-order chi connectivity index (χ1) is 8.92. The van der Waals surface area contributed by atoms with Crippen molar-refractivity contribution in [1.29, 1.82) is 0 Å². The van der Waals surface area contributed by atoms with E-state index < -0.39 is 0 Å². The molecule has 0 fully saturated rings. The molecule has 0 radical (unpaired) electrons. The van der Waals surface area contributed by atoms with E-state index in [1.54, 1.807) is 0 Å². The highest BCUT2D eigenvalue weighted by Gasteiger charge is 2.20. The summed E-state index contributed by atoms with van der Waals surface area (Å²) in [6.45, 7) is 16.8. The monoisotopic (exact) mass is 268 g/mol. The largest absolute Gasteiger partial charge is 0.0654 e. The van der Waals surface area contributed by atoms with Gasteiger partial charge in [-0.15, -0.1) is 0 Å². The lowest BCUT2D eigenvalue weighted by molar-refractivity contribution is 0.226. The number of hydrogen-bond donors (Lipinski definition) is 0. The molecule has 4 atom stereocenters. The zero-order valence-electron chi connectivity index (χ0n) is 14.8. The van der Waals surface area contributed by atoms with Gasteiger partial charge in [0, 0.05) is 0 Å². The molecular formula is C19H40. The first kappa shape index (κ1) is 19.0. The van der Waals surface area contributed by atoms with E-state index in [0.29, 0.717) is 0 Å². The molecule has 0 spiro atoms. The quantitative estimate of drug-likeness (QED) is 0.381. The van der Waals surface area contributed by atoms with Crippen LogP contribution in [0.2, 0.25) is 0 Å². The lowest BCUT2D eigenvalue weighted by Crippen LogP contribution is -2.18. The molecule has 19 heavy (non-hydrogen) atoms. The van der Waals surface area contributed by atoms with Crippen molar-refractivity contribution in [2.24, 2.45) is 29.6 Å². The first-order valence-electron chi connectivity index (χ1n) is 8.92. The van der Waals surface area contributed by atoms with E-state index in [1.165, 1.54) is 44.9 Å². The molecule has 0 saturated carbocycles. The molecule has 0 heteroatoms. The van der Waals surface area contributed by atoms with E-state index in [4.69, 9.17) is 0 Å². The molecule has 0 amide bonds. The van der Waals surface area contributed by atoms with Crippen molar-refractivity contribution >= 4 is 0 Å². The molecule has 0 aliphatic carbocycles. The molecule has 4 unspecified atom stereocenters. The van der Waals surface area contributed by atoms with Crippen molar-refractivity contribution < 1.29 is 0 Å². The maximum atomic E-state index is 2.50. The Labute approximate surface area is 123 Å². The number of hydrogen-bond acceptors (Lipinski definition) is 0. The zero-order valence-corrected chi connectivity index (χ0v) is 14.8. The van der Waals surface area contributed by atoms with Gasteiger partial charge >= 0.3 is 0 Å². The van der Waals surface area contributed by atoms with Crippen LogP contribution in [0, 0.1) is 29.6 Å². The highest BCUT2D eigenvalue weighted by atomic mass is 14.3. The normalized spacial score (nSPS) is 18.3. The van der Waals surface area contributed by atoms with Gasteiger partial charge in [-0.05, 0) is 36.0 Å². The molecule has 116 valence electrons. The van der Waals surface area contributed by atoms with Crippen molar-refractivity contribution in [2.75, 3.05) is 0 Å². The van der Waals surface area contributed by atoms with Gasteiger partial charge < -0.3 is 0 Å². The van der Waals surface area contributed by atoms with E-state index in [-0.39, 0.29) is 0 Å². The summed E-state index contributed by atoms with van der Waals surface area (Å²) in [7, 11) is 0. The average molecular weight is 269 g/mol. The summed E-state index contributed by atoms with van der Waals surface area (Å²) in [5.41, 5.74) is 0. The molecule has 0 aromatic carbocycles. The Kier molecular flexibility index (Phi) is 10.7. The van der Waals surface area contributed by atoms with E-state index in [1.807, 2.05) is 0 Å². The Morgan fingerprint density at radius 1 is 0.737 bits per heavy atom. The van der Waals surface area contributed by atoms with Crippen LogP contribution in [0.25, 0.3) is 0 Å². The number of rotatable bonds is 11. The fraction of sp³-hybridized carbons (Fsp3) is 1.00. The highest BCUT2D eigenvalue weighted by molar-refractivity contribution is 4.71. The van der Waals surface area contributed by atoms with Crippen LogP contribution < -0.4 is 0 Å². The van der Waals surface area contributed by atoms with E-state index in [0.717, 1.165) is 29.6 Å². The van der Waals surface area contributed by atoms with Gasteiger partial charge in [0.25, 0.3) is 0 Å². The van der Waals surface area contributed by atoms with Crippen LogP contribution in [0.5, 0.6) is 0 Å². The topological polar surface area (TPSA) is 0 Å². The molecule has 0 aromatic rings. The lowest BCUT2D eigenvalue weighted by Gasteiger charge is -2.28. The average Bonchev–Trinajstić information content (AvgIpc) is 2.37. The molecule has 0 N–H and O–H groups in total. The molecule has 0 heterocycles. The fourth-order valence-corrected chi connectivity index (χ4v) is 2.98. The second-order valence-corrected chi connectivity index (χ2v) is 7.43. The summed E-state index contributed by atoms with van der Waals surface area (Å²) in [6, 6.07) is 0. The summed E-state index contributed by atoms with van der Waals surface area (Å²) >= 11 is 0.